The topological polar surface area (TPSA) is 127 Å². The van der Waals surface area contributed by atoms with E-state index in [1.165, 1.54) is 11.1 Å². The van der Waals surface area contributed by atoms with Gasteiger partial charge in [-0.2, -0.15) is 0 Å². The summed E-state index contributed by atoms with van der Waals surface area (Å²) in [5.74, 6) is -0.0119. The summed E-state index contributed by atoms with van der Waals surface area (Å²) < 4.78 is 2.68. The third-order valence-corrected chi connectivity index (χ3v) is 11.6. The monoisotopic (exact) mass is 808 g/mol. The van der Waals surface area contributed by atoms with Gasteiger partial charge < -0.3 is 43.7 Å². The van der Waals surface area contributed by atoms with Crippen molar-refractivity contribution in [2.24, 2.45) is 0 Å². The van der Waals surface area contributed by atoms with Crippen molar-refractivity contribution >= 4 is 11.7 Å². The number of aliphatic hydroxyl groups is 4. The van der Waals surface area contributed by atoms with Crippen molar-refractivity contribution in [3.05, 3.63) is 106 Å². The minimum Gasteiger partial charge on any atom is -0.391 e. The van der Waals surface area contributed by atoms with Crippen LogP contribution < -0.4 is 5.32 Å². The molecule has 0 aliphatic rings. The lowest BCUT2D eigenvalue weighted by Gasteiger charge is -2.43. The van der Waals surface area contributed by atoms with Gasteiger partial charge in [-0.3, -0.25) is 9.59 Å². The highest BCUT2D eigenvalue weighted by atomic mass is 16.3. The highest BCUT2D eigenvalue weighted by Gasteiger charge is 2.35. The van der Waals surface area contributed by atoms with Gasteiger partial charge in [-0.15, -0.1) is 0 Å². The van der Waals surface area contributed by atoms with E-state index in [2.05, 4.69) is 96.0 Å². The smallest absolute Gasteiger partial charge is 0.251 e. The number of aliphatic hydroxyl groups excluding tert-OH is 4. The first-order valence-corrected chi connectivity index (χ1v) is 21.4. The molecule has 0 aromatic heterocycles. The van der Waals surface area contributed by atoms with Crippen molar-refractivity contribution in [1.29, 1.82) is 0 Å². The summed E-state index contributed by atoms with van der Waals surface area (Å²) in [6.45, 7) is 10.2. The predicted octanol–water partition coefficient (Wildman–Crippen LogP) is 4.01. The number of carbonyl (C=O) groups is 2. The molecule has 0 saturated heterocycles. The highest BCUT2D eigenvalue weighted by molar-refractivity contribution is 5.98. The molecule has 0 aliphatic heterocycles. The van der Waals surface area contributed by atoms with Crippen LogP contribution in [0.5, 0.6) is 0 Å². The Labute approximate surface area is 349 Å². The molecule has 3 rings (SSSR count). The minimum atomic E-state index is -0.132. The molecule has 0 aliphatic carbocycles. The first kappa shape index (κ1) is 48.8. The number of hydrogen-bond donors (Lipinski definition) is 5. The average molecular weight is 808 g/mol. The van der Waals surface area contributed by atoms with Gasteiger partial charge in [0.2, 0.25) is 0 Å². The Morgan fingerprint density at radius 3 is 1.36 bits per heavy atom. The number of hydrogen-bond acceptors (Lipinski definition) is 6. The molecule has 0 fully saturated rings. The molecule has 0 atom stereocenters. The molecule has 11 nitrogen and oxygen atoms in total. The van der Waals surface area contributed by atoms with E-state index >= 15 is 0 Å². The fourth-order valence-electron chi connectivity index (χ4n) is 8.03. The Kier molecular flexibility index (Phi) is 20.1. The van der Waals surface area contributed by atoms with Crippen LogP contribution in [0.4, 0.5) is 0 Å². The van der Waals surface area contributed by atoms with E-state index in [-0.39, 0.29) is 38.1 Å². The second kappa shape index (κ2) is 23.9. The second-order valence-corrected chi connectivity index (χ2v) is 18.1. The van der Waals surface area contributed by atoms with Gasteiger partial charge in [0.15, 0.2) is 5.78 Å². The number of rotatable bonds is 29. The largest absolute Gasteiger partial charge is 0.391 e. The van der Waals surface area contributed by atoms with Crippen LogP contribution >= 0.6 is 0 Å². The van der Waals surface area contributed by atoms with E-state index in [0.29, 0.717) is 85.4 Å². The summed E-state index contributed by atoms with van der Waals surface area (Å²) in [5, 5.41) is 43.8. The van der Waals surface area contributed by atoms with Crippen LogP contribution in [0.25, 0.3) is 0 Å². The molecule has 5 N–H and O–H groups in total. The second-order valence-electron chi connectivity index (χ2n) is 18.1. The van der Waals surface area contributed by atoms with Gasteiger partial charge in [-0.05, 0) is 37.0 Å². The number of ketones is 1. The standard InChI is InChI=1S/C47H76N5O6/c1-7-40-12-14-42(15-13-40)38-51(29-33-53,30-34-54)27-28-52(31-35-55,32-36-56)39-43-18-16-41(17-19-43)37-50(5,6)26-10-24-48-47(58)45-22-20-44(21-23-45)46(57)11-8-9-25-49(2,3)4/h12-23,53-56H,7-11,24-39H2,1-6H3/q+3/p+1. The predicted molar refractivity (Wildman–Crippen MR) is 233 cm³/mol. The van der Waals surface area contributed by atoms with Crippen LogP contribution in [0.1, 0.15) is 75.6 Å². The maximum atomic E-state index is 12.8. The number of aryl methyl sites for hydroxylation is 1. The zero-order valence-corrected chi connectivity index (χ0v) is 36.7. The van der Waals surface area contributed by atoms with Crippen molar-refractivity contribution in [3.63, 3.8) is 0 Å². The average Bonchev–Trinajstić information content (AvgIpc) is 3.18. The molecular weight excluding hydrogens is 731 g/mol. The van der Waals surface area contributed by atoms with Crippen LogP contribution in [0.2, 0.25) is 0 Å². The number of Topliss-reactive ketones (excluding diaryl/α,β-unsaturated/α-hetero) is 1. The van der Waals surface area contributed by atoms with Gasteiger partial charge in [0.05, 0.1) is 74.8 Å². The summed E-state index contributed by atoms with van der Waals surface area (Å²) >= 11 is 0. The van der Waals surface area contributed by atoms with E-state index in [1.807, 2.05) is 0 Å². The highest BCUT2D eigenvalue weighted by Crippen LogP contribution is 2.22. The third kappa shape index (κ3) is 17.0. The number of benzene rings is 3. The first-order chi connectivity index (χ1) is 27.6. The molecular formula is C47H77N5O6+4. The van der Waals surface area contributed by atoms with Gasteiger partial charge in [0, 0.05) is 47.2 Å². The Bertz CT molecular complexity index is 1630. The van der Waals surface area contributed by atoms with E-state index in [1.54, 1.807) is 24.3 Å². The normalized spacial score (nSPS) is 12.5. The molecule has 322 valence electrons. The summed E-state index contributed by atoms with van der Waals surface area (Å²) in [6.07, 6.45) is 4.18. The maximum Gasteiger partial charge on any atom is 0.251 e. The van der Waals surface area contributed by atoms with Crippen LogP contribution in [-0.2, 0) is 26.1 Å². The quantitative estimate of drug-likeness (QED) is 0.0411. The van der Waals surface area contributed by atoms with Crippen LogP contribution in [0, 0.1) is 0 Å². The summed E-state index contributed by atoms with van der Waals surface area (Å²) in [6, 6.07) is 24.2. The fourth-order valence-corrected chi connectivity index (χ4v) is 8.03. The molecule has 3 aromatic carbocycles. The zero-order chi connectivity index (χ0) is 42.7. The van der Waals surface area contributed by atoms with E-state index in [4.69, 9.17) is 0 Å². The summed E-state index contributed by atoms with van der Waals surface area (Å²) in [5.41, 5.74) is 5.98. The molecule has 0 radical (unpaired) electrons. The van der Waals surface area contributed by atoms with Crippen LogP contribution in [0.3, 0.4) is 0 Å². The lowest BCUT2D eigenvalue weighted by Crippen LogP contribution is -2.60. The third-order valence-electron chi connectivity index (χ3n) is 11.6. The van der Waals surface area contributed by atoms with Crippen LogP contribution in [-0.4, -0.2) is 171 Å². The molecule has 0 heterocycles. The SMILES string of the molecule is CCc1ccc(C[N+](CCO)(CCO)CC[N+](CCO)(CCO)Cc2ccc(C[N+](C)(C)CCCNC(=O)c3ccc(C(=O)CCCC[N+](C)(C)C)cc3)cc2)cc1. The Morgan fingerprint density at radius 1 is 0.500 bits per heavy atom. The van der Waals surface area contributed by atoms with Crippen molar-refractivity contribution < 1.29 is 47.9 Å². The van der Waals surface area contributed by atoms with Crippen molar-refractivity contribution in [2.45, 2.75) is 58.7 Å². The van der Waals surface area contributed by atoms with Gasteiger partial charge in [0.1, 0.15) is 58.9 Å². The number of unbranched alkanes of at least 4 members (excludes halogenated alkanes) is 1. The number of nitrogens with zero attached hydrogens (tertiary/aromatic N) is 4. The molecule has 1 amide bonds. The van der Waals surface area contributed by atoms with Crippen molar-refractivity contribution in [1.82, 2.24) is 5.32 Å². The van der Waals surface area contributed by atoms with E-state index in [0.717, 1.165) is 65.4 Å². The van der Waals surface area contributed by atoms with E-state index < -0.39 is 0 Å². The van der Waals surface area contributed by atoms with Crippen LogP contribution in [0.15, 0.2) is 72.8 Å². The summed E-state index contributed by atoms with van der Waals surface area (Å²) in [4.78, 5) is 25.5. The van der Waals surface area contributed by atoms with Gasteiger partial charge in [0.25, 0.3) is 5.91 Å². The molecule has 0 spiro atoms. The molecule has 0 unspecified atom stereocenters. The first-order valence-electron chi connectivity index (χ1n) is 21.4. The zero-order valence-electron chi connectivity index (χ0n) is 36.7. The van der Waals surface area contributed by atoms with E-state index in [9.17, 15) is 30.0 Å². The Hall–Kier alpha value is -3.52. The molecule has 0 saturated carbocycles. The van der Waals surface area contributed by atoms with Crippen molar-refractivity contribution in [2.75, 3.05) is 121 Å². The van der Waals surface area contributed by atoms with Gasteiger partial charge in [-0.25, -0.2) is 0 Å². The molecule has 0 bridgehead atoms. The number of quaternary nitrogens is 4. The lowest BCUT2D eigenvalue weighted by atomic mass is 10.0. The van der Waals surface area contributed by atoms with Gasteiger partial charge in [-0.1, -0.05) is 67.6 Å². The van der Waals surface area contributed by atoms with Gasteiger partial charge >= 0.3 is 0 Å². The number of nitrogens with one attached hydrogen (secondary N) is 1. The Balaban J connectivity index is 1.55. The van der Waals surface area contributed by atoms with Crippen molar-refractivity contribution in [3.8, 4) is 0 Å². The fraction of sp³-hybridized carbons (Fsp3) is 0.574. The summed E-state index contributed by atoms with van der Waals surface area (Å²) in [7, 11) is 10.9. The Morgan fingerprint density at radius 2 is 0.931 bits per heavy atom. The number of carbonyl (C=O) groups excluding carboxylic acids is 2. The minimum absolute atomic E-state index is 0.00621. The molecule has 3 aromatic rings. The molecule has 11 heteroatoms. The number of amides is 1. The maximum absolute atomic E-state index is 12.8. The molecule has 58 heavy (non-hydrogen) atoms. The lowest BCUT2D eigenvalue weighted by molar-refractivity contribution is -0.993.